The second-order valence-electron chi connectivity index (χ2n) is 6.86. The molecule has 1 fully saturated rings. The highest BCUT2D eigenvalue weighted by molar-refractivity contribution is 5.93. The first-order chi connectivity index (χ1) is 13.1. The zero-order valence-corrected chi connectivity index (χ0v) is 15.3. The van der Waals surface area contributed by atoms with Crippen molar-refractivity contribution in [2.75, 3.05) is 18.0 Å². The average Bonchev–Trinajstić information content (AvgIpc) is 2.72. The lowest BCUT2D eigenvalue weighted by molar-refractivity contribution is 0.0706. The van der Waals surface area contributed by atoms with E-state index in [-0.39, 0.29) is 6.03 Å². The number of urea groups is 1. The van der Waals surface area contributed by atoms with Crippen molar-refractivity contribution in [2.45, 2.75) is 26.3 Å². The minimum atomic E-state index is -0.568. The van der Waals surface area contributed by atoms with Crippen molar-refractivity contribution in [2.24, 2.45) is 5.92 Å². The third kappa shape index (κ3) is 4.62. The number of aromatic nitrogens is 1. The number of benzene rings is 1. The normalized spacial score (nSPS) is 14.7. The highest BCUT2D eigenvalue weighted by atomic mass is 16.5. The van der Waals surface area contributed by atoms with Gasteiger partial charge in [-0.1, -0.05) is 25.1 Å². The molecule has 0 saturated carbocycles. The molecule has 1 aliphatic rings. The minimum absolute atomic E-state index is 0.0576. The summed E-state index contributed by atoms with van der Waals surface area (Å²) in [6.45, 7) is 4.06. The van der Waals surface area contributed by atoms with Gasteiger partial charge in [0.05, 0.1) is 6.54 Å². The maximum atomic E-state index is 13.1. The van der Waals surface area contributed by atoms with E-state index in [0.29, 0.717) is 23.8 Å². The highest BCUT2D eigenvalue weighted by Gasteiger charge is 2.26. The summed E-state index contributed by atoms with van der Waals surface area (Å²) in [5.74, 6) is 0.669. The number of nitrogens with one attached hydrogen (secondary N) is 1. The van der Waals surface area contributed by atoms with Crippen molar-refractivity contribution in [1.29, 1.82) is 0 Å². The lowest BCUT2D eigenvalue weighted by Crippen LogP contribution is -2.46. The molecule has 142 valence electrons. The van der Waals surface area contributed by atoms with E-state index >= 15 is 0 Å². The first-order valence-corrected chi connectivity index (χ1v) is 9.09. The van der Waals surface area contributed by atoms with E-state index < -0.39 is 5.91 Å². The fraction of sp³-hybridized carbons (Fsp3) is 0.350. The van der Waals surface area contributed by atoms with Crippen LogP contribution in [0.15, 0.2) is 48.7 Å². The van der Waals surface area contributed by atoms with Crippen molar-refractivity contribution in [3.63, 3.8) is 0 Å². The lowest BCUT2D eigenvalue weighted by atomic mass is 9.99. The van der Waals surface area contributed by atoms with E-state index in [1.54, 1.807) is 40.8 Å². The number of hydrogen-bond donors (Lipinski definition) is 2. The number of pyridine rings is 1. The molecule has 7 heteroatoms. The number of nitrogens with zero attached hydrogens (tertiary/aromatic N) is 3. The molecule has 0 unspecified atom stereocenters. The summed E-state index contributed by atoms with van der Waals surface area (Å²) >= 11 is 0. The molecule has 0 aliphatic carbocycles. The van der Waals surface area contributed by atoms with Crippen molar-refractivity contribution >= 4 is 17.8 Å². The Bertz CT molecular complexity index is 772. The molecule has 0 radical (unpaired) electrons. The molecule has 3 amide bonds. The van der Waals surface area contributed by atoms with Crippen molar-refractivity contribution in [3.05, 3.63) is 59.8 Å². The molecule has 1 aromatic heterocycles. The number of hydroxylamine groups is 1. The average molecular weight is 368 g/mol. The van der Waals surface area contributed by atoms with E-state index in [2.05, 4.69) is 11.9 Å². The summed E-state index contributed by atoms with van der Waals surface area (Å²) in [5, 5.41) is 8.72. The van der Waals surface area contributed by atoms with E-state index in [1.165, 1.54) is 0 Å². The standard InChI is InChI=1S/C20H24N4O3/c1-15-9-12-23(13-10-15)20(26)24(18-4-2-3-11-21-18)14-16-5-7-17(8-6-16)19(25)22-27/h2-8,11,15,27H,9-10,12-14H2,1H3,(H,22,25). The molecule has 2 aromatic rings. The molecular formula is C20H24N4O3. The van der Waals surface area contributed by atoms with Gasteiger partial charge in [-0.25, -0.2) is 15.3 Å². The van der Waals surface area contributed by atoms with Gasteiger partial charge in [0.25, 0.3) is 5.91 Å². The molecule has 2 N–H and O–H groups in total. The monoisotopic (exact) mass is 368 g/mol. The fourth-order valence-electron chi connectivity index (χ4n) is 3.14. The maximum Gasteiger partial charge on any atom is 0.325 e. The molecule has 0 bridgehead atoms. The summed E-state index contributed by atoms with van der Waals surface area (Å²) in [6.07, 6.45) is 3.68. The number of piperidine rings is 1. The predicted molar refractivity (Wildman–Crippen MR) is 101 cm³/mol. The molecule has 7 nitrogen and oxygen atoms in total. The Kier molecular flexibility index (Phi) is 6.03. The minimum Gasteiger partial charge on any atom is -0.324 e. The molecule has 0 atom stereocenters. The van der Waals surface area contributed by atoms with Crippen LogP contribution in [0.5, 0.6) is 0 Å². The van der Waals surface area contributed by atoms with Crippen LogP contribution in [0, 0.1) is 5.92 Å². The Hall–Kier alpha value is -2.93. The van der Waals surface area contributed by atoms with Crippen LogP contribution in [0.2, 0.25) is 0 Å². The van der Waals surface area contributed by atoms with Crippen LogP contribution in [0.1, 0.15) is 35.7 Å². The van der Waals surface area contributed by atoms with Gasteiger partial charge in [0.1, 0.15) is 5.82 Å². The Morgan fingerprint density at radius 3 is 2.48 bits per heavy atom. The first-order valence-electron chi connectivity index (χ1n) is 9.09. The predicted octanol–water partition coefficient (Wildman–Crippen LogP) is 3.06. The summed E-state index contributed by atoms with van der Waals surface area (Å²) in [4.78, 5) is 32.5. The lowest BCUT2D eigenvalue weighted by Gasteiger charge is -2.34. The van der Waals surface area contributed by atoms with Gasteiger partial charge in [0.15, 0.2) is 0 Å². The van der Waals surface area contributed by atoms with E-state index in [9.17, 15) is 9.59 Å². The molecule has 27 heavy (non-hydrogen) atoms. The molecule has 3 rings (SSSR count). The van der Waals surface area contributed by atoms with Crippen LogP contribution in [-0.2, 0) is 6.54 Å². The number of hydrogen-bond acceptors (Lipinski definition) is 4. The van der Waals surface area contributed by atoms with Crippen LogP contribution >= 0.6 is 0 Å². The SMILES string of the molecule is CC1CCN(C(=O)N(Cc2ccc(C(=O)NO)cc2)c2ccccn2)CC1. The highest BCUT2D eigenvalue weighted by Crippen LogP contribution is 2.21. The third-order valence-electron chi connectivity index (χ3n) is 4.87. The smallest absolute Gasteiger partial charge is 0.324 e. The Balaban J connectivity index is 1.80. The first kappa shape index (κ1) is 18.8. The number of likely N-dealkylation sites (tertiary alicyclic amines) is 1. The maximum absolute atomic E-state index is 13.1. The summed E-state index contributed by atoms with van der Waals surface area (Å²) < 4.78 is 0. The number of amides is 3. The number of anilines is 1. The summed E-state index contributed by atoms with van der Waals surface area (Å²) in [5.41, 5.74) is 2.83. The van der Waals surface area contributed by atoms with Crippen LogP contribution in [0.4, 0.5) is 10.6 Å². The van der Waals surface area contributed by atoms with Crippen molar-refractivity contribution in [3.8, 4) is 0 Å². The van der Waals surface area contributed by atoms with Gasteiger partial charge in [0, 0.05) is 24.8 Å². The molecule has 1 aromatic carbocycles. The number of carbonyl (C=O) groups is 2. The van der Waals surface area contributed by atoms with Crippen LogP contribution in [-0.4, -0.2) is 40.1 Å². The van der Waals surface area contributed by atoms with Gasteiger partial charge in [0.2, 0.25) is 0 Å². The summed E-state index contributed by atoms with van der Waals surface area (Å²) in [6, 6.07) is 12.2. The van der Waals surface area contributed by atoms with Gasteiger partial charge < -0.3 is 4.90 Å². The van der Waals surface area contributed by atoms with Crippen LogP contribution in [0.3, 0.4) is 0 Å². The van der Waals surface area contributed by atoms with Crippen LogP contribution < -0.4 is 10.4 Å². The van der Waals surface area contributed by atoms with Gasteiger partial charge >= 0.3 is 6.03 Å². The molecule has 2 heterocycles. The van der Waals surface area contributed by atoms with Crippen molar-refractivity contribution < 1.29 is 14.8 Å². The second kappa shape index (κ2) is 8.64. The fourth-order valence-corrected chi connectivity index (χ4v) is 3.14. The number of rotatable bonds is 4. The molecule has 0 spiro atoms. The van der Waals surface area contributed by atoms with Crippen LogP contribution in [0.25, 0.3) is 0 Å². The van der Waals surface area contributed by atoms with Gasteiger partial charge in [-0.05, 0) is 48.6 Å². The Morgan fingerprint density at radius 1 is 1.19 bits per heavy atom. The Labute approximate surface area is 158 Å². The molecular weight excluding hydrogens is 344 g/mol. The van der Waals surface area contributed by atoms with Gasteiger partial charge in [-0.3, -0.25) is 14.9 Å². The Morgan fingerprint density at radius 2 is 1.89 bits per heavy atom. The van der Waals surface area contributed by atoms with Crippen molar-refractivity contribution in [1.82, 2.24) is 15.4 Å². The quantitative estimate of drug-likeness (QED) is 0.641. The third-order valence-corrected chi connectivity index (χ3v) is 4.87. The van der Waals surface area contributed by atoms with Gasteiger partial charge in [-0.15, -0.1) is 0 Å². The molecule has 1 aliphatic heterocycles. The van der Waals surface area contributed by atoms with E-state index in [1.807, 2.05) is 23.1 Å². The zero-order chi connectivity index (χ0) is 19.2. The van der Waals surface area contributed by atoms with E-state index in [0.717, 1.165) is 31.5 Å². The molecule has 1 saturated heterocycles. The van der Waals surface area contributed by atoms with Gasteiger partial charge in [-0.2, -0.15) is 0 Å². The summed E-state index contributed by atoms with van der Waals surface area (Å²) in [7, 11) is 0. The second-order valence-corrected chi connectivity index (χ2v) is 6.86. The number of carbonyl (C=O) groups excluding carboxylic acids is 2. The topological polar surface area (TPSA) is 85.8 Å². The largest absolute Gasteiger partial charge is 0.325 e. The zero-order valence-electron chi connectivity index (χ0n) is 15.3. The van der Waals surface area contributed by atoms with E-state index in [4.69, 9.17) is 5.21 Å².